The van der Waals surface area contributed by atoms with Crippen LogP contribution in [-0.2, 0) is 15.6 Å². The van der Waals surface area contributed by atoms with Gasteiger partial charge in [0.2, 0.25) is 0 Å². The molecule has 0 saturated heterocycles. The first-order chi connectivity index (χ1) is 7.85. The van der Waals surface area contributed by atoms with E-state index in [1.54, 1.807) is 4.88 Å². The summed E-state index contributed by atoms with van der Waals surface area (Å²) in [5.41, 5.74) is 1.44. The van der Waals surface area contributed by atoms with Gasteiger partial charge >= 0.3 is 0 Å². The standard InChI is InChI=1S/C12H18INOS/c1-14-8-11-10-6-9(7-13)16-12(10)4-2-3-5-15-11/h6,11,14H,2-5,7-8H2,1H3. The monoisotopic (exact) mass is 351 g/mol. The summed E-state index contributed by atoms with van der Waals surface area (Å²) in [6.45, 7) is 1.83. The molecule has 0 bridgehead atoms. The molecule has 0 radical (unpaired) electrons. The summed E-state index contributed by atoms with van der Waals surface area (Å²) in [4.78, 5) is 3.03. The second-order valence-electron chi connectivity index (χ2n) is 4.10. The number of likely N-dealkylation sites (N-methyl/N-ethyl adjacent to an activating group) is 1. The molecule has 2 heterocycles. The molecule has 1 aliphatic rings. The summed E-state index contributed by atoms with van der Waals surface area (Å²) in [6, 6.07) is 2.35. The lowest BCUT2D eigenvalue weighted by Gasteiger charge is -2.21. The molecular formula is C12H18INOS. The van der Waals surface area contributed by atoms with Gasteiger partial charge in [-0.3, -0.25) is 0 Å². The summed E-state index contributed by atoms with van der Waals surface area (Å²) in [6.07, 6.45) is 3.95. The Labute approximate surface area is 115 Å². The average molecular weight is 351 g/mol. The maximum Gasteiger partial charge on any atom is 0.0959 e. The number of aryl methyl sites for hydroxylation is 1. The third-order valence-corrected chi connectivity index (χ3v) is 5.43. The van der Waals surface area contributed by atoms with Crippen LogP contribution in [0.25, 0.3) is 0 Å². The van der Waals surface area contributed by atoms with E-state index in [1.165, 1.54) is 29.7 Å². The molecule has 1 N–H and O–H groups in total. The van der Waals surface area contributed by atoms with Crippen LogP contribution in [0.3, 0.4) is 0 Å². The van der Waals surface area contributed by atoms with Crippen molar-refractivity contribution in [1.82, 2.24) is 5.32 Å². The third kappa shape index (κ3) is 2.97. The van der Waals surface area contributed by atoms with E-state index in [2.05, 4.69) is 34.0 Å². The minimum absolute atomic E-state index is 0.258. The molecule has 0 aliphatic carbocycles. The summed E-state index contributed by atoms with van der Waals surface area (Å²) >= 11 is 4.41. The molecule has 0 spiro atoms. The minimum atomic E-state index is 0.258. The summed E-state index contributed by atoms with van der Waals surface area (Å²) < 4.78 is 7.06. The van der Waals surface area contributed by atoms with Gasteiger partial charge in [0.1, 0.15) is 0 Å². The van der Waals surface area contributed by atoms with Crippen LogP contribution in [-0.4, -0.2) is 20.2 Å². The molecule has 4 heteroatoms. The number of rotatable bonds is 3. The molecule has 0 saturated carbocycles. The lowest BCUT2D eigenvalue weighted by atomic mass is 10.0. The van der Waals surface area contributed by atoms with Gasteiger partial charge in [0.25, 0.3) is 0 Å². The Kier molecular flexibility index (Phi) is 5.06. The molecule has 0 fully saturated rings. The number of nitrogens with one attached hydrogen (secondary N) is 1. The second-order valence-corrected chi connectivity index (χ2v) is 6.08. The highest BCUT2D eigenvalue weighted by Crippen LogP contribution is 2.33. The van der Waals surface area contributed by atoms with Crippen molar-refractivity contribution in [1.29, 1.82) is 0 Å². The number of fused-ring (bicyclic) bond motifs is 1. The van der Waals surface area contributed by atoms with Gasteiger partial charge in [-0.25, -0.2) is 0 Å². The molecule has 90 valence electrons. The molecule has 1 unspecified atom stereocenters. The van der Waals surface area contributed by atoms with Gasteiger partial charge in [0.15, 0.2) is 0 Å². The highest BCUT2D eigenvalue weighted by atomic mass is 127. The fourth-order valence-electron chi connectivity index (χ4n) is 2.09. The van der Waals surface area contributed by atoms with Crippen LogP contribution in [0.15, 0.2) is 6.07 Å². The predicted molar refractivity (Wildman–Crippen MR) is 77.6 cm³/mol. The molecule has 2 nitrogen and oxygen atoms in total. The number of hydrogen-bond donors (Lipinski definition) is 1. The molecule has 1 aromatic rings. The highest BCUT2D eigenvalue weighted by molar-refractivity contribution is 14.1. The third-order valence-electron chi connectivity index (χ3n) is 2.88. The Morgan fingerprint density at radius 1 is 1.56 bits per heavy atom. The lowest BCUT2D eigenvalue weighted by Crippen LogP contribution is -2.21. The van der Waals surface area contributed by atoms with Crippen molar-refractivity contribution in [2.75, 3.05) is 20.2 Å². The highest BCUT2D eigenvalue weighted by Gasteiger charge is 2.20. The van der Waals surface area contributed by atoms with E-state index in [4.69, 9.17) is 4.74 Å². The van der Waals surface area contributed by atoms with Gasteiger partial charge in [0, 0.05) is 27.3 Å². The van der Waals surface area contributed by atoms with Gasteiger partial charge in [-0.15, -0.1) is 11.3 Å². The number of hydrogen-bond acceptors (Lipinski definition) is 3. The van der Waals surface area contributed by atoms with E-state index < -0.39 is 0 Å². The van der Waals surface area contributed by atoms with Crippen LogP contribution >= 0.6 is 33.9 Å². The zero-order valence-electron chi connectivity index (χ0n) is 9.59. The van der Waals surface area contributed by atoms with Crippen molar-refractivity contribution in [3.8, 4) is 0 Å². The van der Waals surface area contributed by atoms with Gasteiger partial charge in [-0.1, -0.05) is 22.6 Å². The fourth-order valence-corrected chi connectivity index (χ4v) is 3.89. The second kappa shape index (κ2) is 6.33. The van der Waals surface area contributed by atoms with Crippen LogP contribution in [0.1, 0.15) is 34.3 Å². The molecule has 16 heavy (non-hydrogen) atoms. The van der Waals surface area contributed by atoms with Crippen molar-refractivity contribution >= 4 is 33.9 Å². The molecule has 2 rings (SSSR count). The zero-order chi connectivity index (χ0) is 11.4. The summed E-state index contributed by atoms with van der Waals surface area (Å²) in [5, 5.41) is 3.23. The molecule has 1 atom stereocenters. The van der Waals surface area contributed by atoms with Crippen LogP contribution in [0.4, 0.5) is 0 Å². The van der Waals surface area contributed by atoms with E-state index in [1.807, 2.05) is 18.4 Å². The first-order valence-corrected chi connectivity index (χ1v) is 8.13. The fraction of sp³-hybridized carbons (Fsp3) is 0.667. The van der Waals surface area contributed by atoms with Gasteiger partial charge in [-0.05, 0) is 37.9 Å². The van der Waals surface area contributed by atoms with Crippen LogP contribution in [0, 0.1) is 0 Å². The molecule has 0 amide bonds. The molecular weight excluding hydrogens is 333 g/mol. The number of halogens is 1. The first kappa shape index (κ1) is 12.8. The van der Waals surface area contributed by atoms with Crippen molar-refractivity contribution in [2.45, 2.75) is 29.8 Å². The Balaban J connectivity index is 2.25. The van der Waals surface area contributed by atoms with Crippen molar-refractivity contribution in [3.63, 3.8) is 0 Å². The largest absolute Gasteiger partial charge is 0.372 e. The molecule has 1 aliphatic heterocycles. The summed E-state index contributed by atoms with van der Waals surface area (Å²) in [5.74, 6) is 0. The van der Waals surface area contributed by atoms with Crippen molar-refractivity contribution in [3.05, 3.63) is 21.4 Å². The predicted octanol–water partition coefficient (Wildman–Crippen LogP) is 3.30. The van der Waals surface area contributed by atoms with E-state index in [9.17, 15) is 0 Å². The smallest absolute Gasteiger partial charge is 0.0959 e. The topological polar surface area (TPSA) is 21.3 Å². The van der Waals surface area contributed by atoms with E-state index in [0.29, 0.717) is 0 Å². The van der Waals surface area contributed by atoms with E-state index in [0.717, 1.165) is 17.6 Å². The maximum absolute atomic E-state index is 5.95. The van der Waals surface area contributed by atoms with E-state index in [-0.39, 0.29) is 6.10 Å². The SMILES string of the molecule is CNCC1OCCCCc2sc(CI)cc21. The Morgan fingerprint density at radius 2 is 2.44 bits per heavy atom. The number of alkyl halides is 1. The van der Waals surface area contributed by atoms with Gasteiger partial charge in [0.05, 0.1) is 6.10 Å². The Hall–Kier alpha value is 0.350. The van der Waals surface area contributed by atoms with Gasteiger partial charge < -0.3 is 10.1 Å². The van der Waals surface area contributed by atoms with Crippen LogP contribution in [0.5, 0.6) is 0 Å². The lowest BCUT2D eigenvalue weighted by molar-refractivity contribution is 0.0483. The van der Waals surface area contributed by atoms with Crippen LogP contribution in [0.2, 0.25) is 0 Å². The minimum Gasteiger partial charge on any atom is -0.372 e. The first-order valence-electron chi connectivity index (χ1n) is 5.78. The van der Waals surface area contributed by atoms with E-state index >= 15 is 0 Å². The zero-order valence-corrected chi connectivity index (χ0v) is 12.6. The Bertz CT molecular complexity index is 340. The van der Waals surface area contributed by atoms with Gasteiger partial charge in [-0.2, -0.15) is 0 Å². The normalized spacial score (nSPS) is 21.2. The maximum atomic E-state index is 5.95. The summed E-state index contributed by atoms with van der Waals surface area (Å²) in [7, 11) is 1.99. The molecule has 1 aromatic heterocycles. The number of ether oxygens (including phenoxy) is 1. The average Bonchev–Trinajstić information content (AvgIpc) is 2.67. The Morgan fingerprint density at radius 3 is 3.19 bits per heavy atom. The van der Waals surface area contributed by atoms with Crippen molar-refractivity contribution < 1.29 is 4.74 Å². The quantitative estimate of drug-likeness (QED) is 0.667. The number of thiophene rings is 1. The van der Waals surface area contributed by atoms with Crippen molar-refractivity contribution in [2.24, 2.45) is 0 Å². The van der Waals surface area contributed by atoms with Crippen LogP contribution < -0.4 is 5.32 Å². The molecule has 0 aromatic carbocycles.